The fourth-order valence-electron chi connectivity index (χ4n) is 1.58. The molecule has 2 rings (SSSR count). The number of aliphatic imine (C=N–C) groups is 1. The van der Waals surface area contributed by atoms with Crippen molar-refractivity contribution in [3.8, 4) is 0 Å². The van der Waals surface area contributed by atoms with Crippen LogP contribution in [0.25, 0.3) is 0 Å². The zero-order chi connectivity index (χ0) is 12.8. The second-order valence-corrected chi connectivity index (χ2v) is 4.59. The molecule has 2 aromatic carbocycles. The number of hydrogen-bond acceptors (Lipinski definition) is 2. The molecule has 18 heavy (non-hydrogen) atoms. The maximum absolute atomic E-state index is 9.13. The van der Waals surface area contributed by atoms with Gasteiger partial charge in [-0.3, -0.25) is 15.7 Å². The lowest BCUT2D eigenvalue weighted by Gasteiger charge is -2.06. The van der Waals surface area contributed by atoms with E-state index in [0.717, 1.165) is 15.6 Å². The van der Waals surface area contributed by atoms with Crippen LogP contribution in [0.1, 0.15) is 11.1 Å². The van der Waals surface area contributed by atoms with Crippen LogP contribution in [0.3, 0.4) is 0 Å². The highest BCUT2D eigenvalue weighted by molar-refractivity contribution is 9.10. The predicted molar refractivity (Wildman–Crippen MR) is 75.7 cm³/mol. The molecule has 0 atom stereocenters. The van der Waals surface area contributed by atoms with Gasteiger partial charge in [0.05, 0.1) is 6.54 Å². The van der Waals surface area contributed by atoms with Crippen LogP contribution in [0.2, 0.25) is 0 Å². The predicted octanol–water partition coefficient (Wildman–Crippen LogP) is 3.37. The molecule has 2 N–H and O–H groups in total. The molecule has 0 spiro atoms. The molecular formula is C14H13BrN2O. The summed E-state index contributed by atoms with van der Waals surface area (Å²) in [5.41, 5.74) is 4.07. The minimum Gasteiger partial charge on any atom is -0.290 e. The number of nitrogens with zero attached hydrogens (tertiary/aromatic N) is 1. The van der Waals surface area contributed by atoms with Crippen molar-refractivity contribution in [3.63, 3.8) is 0 Å². The van der Waals surface area contributed by atoms with Gasteiger partial charge in [-0.05, 0) is 11.6 Å². The number of rotatable bonds is 3. The zero-order valence-corrected chi connectivity index (χ0v) is 11.3. The Morgan fingerprint density at radius 2 is 1.72 bits per heavy atom. The molecule has 4 heteroatoms. The first-order chi connectivity index (χ1) is 8.81. The van der Waals surface area contributed by atoms with Crippen LogP contribution >= 0.6 is 15.9 Å². The fourth-order valence-corrected chi connectivity index (χ4v) is 1.99. The number of hydroxylamine groups is 1. The van der Waals surface area contributed by atoms with Gasteiger partial charge in [0.1, 0.15) is 0 Å². The van der Waals surface area contributed by atoms with Crippen molar-refractivity contribution < 1.29 is 5.21 Å². The van der Waals surface area contributed by atoms with Crippen molar-refractivity contribution in [2.24, 2.45) is 4.99 Å². The summed E-state index contributed by atoms with van der Waals surface area (Å²) in [5.74, 6) is 0.464. The van der Waals surface area contributed by atoms with Crippen LogP contribution < -0.4 is 5.48 Å². The van der Waals surface area contributed by atoms with E-state index in [0.29, 0.717) is 12.4 Å². The second-order valence-electron chi connectivity index (χ2n) is 3.73. The molecule has 0 aliphatic heterocycles. The van der Waals surface area contributed by atoms with E-state index in [1.807, 2.05) is 54.6 Å². The third-order valence-corrected chi connectivity index (χ3v) is 3.29. The lowest BCUT2D eigenvalue weighted by molar-refractivity contribution is 0.234. The summed E-state index contributed by atoms with van der Waals surface area (Å²) in [6, 6.07) is 17.4. The van der Waals surface area contributed by atoms with Crippen molar-refractivity contribution >= 4 is 21.8 Å². The first-order valence-electron chi connectivity index (χ1n) is 5.54. The Labute approximate surface area is 114 Å². The summed E-state index contributed by atoms with van der Waals surface area (Å²) in [6.45, 7) is 0.499. The van der Waals surface area contributed by atoms with Gasteiger partial charge in [-0.1, -0.05) is 64.5 Å². The lowest BCUT2D eigenvalue weighted by Crippen LogP contribution is -2.20. The monoisotopic (exact) mass is 304 g/mol. The maximum Gasteiger partial charge on any atom is 0.152 e. The van der Waals surface area contributed by atoms with Gasteiger partial charge < -0.3 is 0 Å². The molecule has 0 unspecified atom stereocenters. The van der Waals surface area contributed by atoms with E-state index in [2.05, 4.69) is 26.4 Å². The normalized spacial score (nSPS) is 11.3. The second kappa shape index (κ2) is 6.33. The largest absolute Gasteiger partial charge is 0.290 e. The highest BCUT2D eigenvalue weighted by Crippen LogP contribution is 2.16. The molecule has 0 aliphatic carbocycles. The number of benzene rings is 2. The third kappa shape index (κ3) is 3.18. The van der Waals surface area contributed by atoms with E-state index in [4.69, 9.17) is 5.21 Å². The van der Waals surface area contributed by atoms with Crippen molar-refractivity contribution in [1.82, 2.24) is 5.48 Å². The van der Waals surface area contributed by atoms with Crippen LogP contribution in [-0.4, -0.2) is 11.0 Å². The van der Waals surface area contributed by atoms with Crippen LogP contribution in [0, 0.1) is 0 Å². The topological polar surface area (TPSA) is 44.6 Å². The minimum atomic E-state index is 0.464. The molecule has 3 nitrogen and oxygen atoms in total. The molecule has 0 radical (unpaired) electrons. The Morgan fingerprint density at radius 3 is 2.39 bits per heavy atom. The van der Waals surface area contributed by atoms with E-state index < -0.39 is 0 Å². The Bertz CT molecular complexity index is 541. The Balaban J connectivity index is 2.19. The summed E-state index contributed by atoms with van der Waals surface area (Å²) in [5, 5.41) is 9.13. The van der Waals surface area contributed by atoms with Crippen molar-refractivity contribution in [2.45, 2.75) is 6.54 Å². The SMILES string of the molecule is ONC(=NCc1ccccc1Br)c1ccccc1. The van der Waals surface area contributed by atoms with E-state index in [9.17, 15) is 0 Å². The van der Waals surface area contributed by atoms with Crippen LogP contribution in [0.5, 0.6) is 0 Å². The number of hydrogen-bond donors (Lipinski definition) is 2. The molecule has 0 saturated heterocycles. The summed E-state index contributed by atoms with van der Waals surface area (Å²) in [6.07, 6.45) is 0. The van der Waals surface area contributed by atoms with Gasteiger partial charge in [-0.25, -0.2) is 0 Å². The highest BCUT2D eigenvalue weighted by atomic mass is 79.9. The summed E-state index contributed by atoms with van der Waals surface area (Å²) in [7, 11) is 0. The van der Waals surface area contributed by atoms with E-state index in [1.54, 1.807) is 0 Å². The molecule has 0 bridgehead atoms. The zero-order valence-electron chi connectivity index (χ0n) is 9.68. The molecule has 0 heterocycles. The van der Waals surface area contributed by atoms with Crippen molar-refractivity contribution in [3.05, 3.63) is 70.2 Å². The fraction of sp³-hybridized carbons (Fsp3) is 0.0714. The van der Waals surface area contributed by atoms with Gasteiger partial charge in [0.15, 0.2) is 5.84 Å². The number of halogens is 1. The summed E-state index contributed by atoms with van der Waals surface area (Å²) < 4.78 is 1.01. The Kier molecular flexibility index (Phi) is 4.50. The van der Waals surface area contributed by atoms with Crippen molar-refractivity contribution in [1.29, 1.82) is 0 Å². The smallest absolute Gasteiger partial charge is 0.152 e. The standard InChI is InChI=1S/C14H13BrN2O/c15-13-9-5-4-8-12(13)10-16-14(17-18)11-6-2-1-3-7-11/h1-9,18H,10H2,(H,16,17). The first kappa shape index (κ1) is 12.8. The van der Waals surface area contributed by atoms with Crippen LogP contribution in [0.4, 0.5) is 0 Å². The van der Waals surface area contributed by atoms with Gasteiger partial charge >= 0.3 is 0 Å². The quantitative estimate of drug-likeness (QED) is 0.519. The minimum absolute atomic E-state index is 0.464. The van der Waals surface area contributed by atoms with Crippen molar-refractivity contribution in [2.75, 3.05) is 0 Å². The molecule has 2 aromatic rings. The summed E-state index contributed by atoms with van der Waals surface area (Å²) >= 11 is 3.47. The maximum atomic E-state index is 9.13. The average Bonchev–Trinajstić information content (AvgIpc) is 2.42. The molecule has 0 amide bonds. The Morgan fingerprint density at radius 1 is 1.06 bits per heavy atom. The van der Waals surface area contributed by atoms with Gasteiger partial charge in [0.2, 0.25) is 0 Å². The van der Waals surface area contributed by atoms with Gasteiger partial charge in [0.25, 0.3) is 0 Å². The number of nitrogens with one attached hydrogen (secondary N) is 1. The van der Waals surface area contributed by atoms with E-state index in [1.165, 1.54) is 0 Å². The van der Waals surface area contributed by atoms with Gasteiger partial charge in [-0.15, -0.1) is 0 Å². The first-order valence-corrected chi connectivity index (χ1v) is 6.34. The average molecular weight is 305 g/mol. The molecule has 0 fully saturated rings. The van der Waals surface area contributed by atoms with Crippen LogP contribution in [-0.2, 0) is 6.54 Å². The van der Waals surface area contributed by atoms with E-state index >= 15 is 0 Å². The lowest BCUT2D eigenvalue weighted by atomic mass is 10.2. The molecule has 0 aliphatic rings. The summed E-state index contributed by atoms with van der Waals surface area (Å²) in [4.78, 5) is 4.37. The van der Waals surface area contributed by atoms with E-state index in [-0.39, 0.29) is 0 Å². The molecule has 0 aromatic heterocycles. The Hall–Kier alpha value is -1.65. The van der Waals surface area contributed by atoms with Gasteiger partial charge in [0, 0.05) is 10.0 Å². The molecular weight excluding hydrogens is 292 g/mol. The molecule has 92 valence electrons. The highest BCUT2D eigenvalue weighted by Gasteiger charge is 2.02. The third-order valence-electron chi connectivity index (χ3n) is 2.52. The molecule has 0 saturated carbocycles. The number of amidine groups is 1. The van der Waals surface area contributed by atoms with Crippen LogP contribution in [0.15, 0.2) is 64.1 Å². The van der Waals surface area contributed by atoms with Gasteiger partial charge in [-0.2, -0.15) is 0 Å².